The lowest BCUT2D eigenvalue weighted by Crippen LogP contribution is -2.35. The number of likely N-dealkylation sites (tertiary alicyclic amines) is 1. The molecule has 0 saturated carbocycles. The maximum atomic E-state index is 12.4. The maximum absolute atomic E-state index is 12.4. The quantitative estimate of drug-likeness (QED) is 0.351. The molecule has 4 aromatic rings. The van der Waals surface area contributed by atoms with Crippen LogP contribution in [0.4, 0.5) is 0 Å². The van der Waals surface area contributed by atoms with Gasteiger partial charge in [-0.25, -0.2) is 4.98 Å². The summed E-state index contributed by atoms with van der Waals surface area (Å²) < 4.78 is 7.26. The van der Waals surface area contributed by atoms with E-state index in [1.165, 1.54) is 4.90 Å². The molecule has 0 radical (unpaired) electrons. The van der Waals surface area contributed by atoms with Crippen molar-refractivity contribution in [2.24, 2.45) is 5.73 Å². The Bertz CT molecular complexity index is 1440. The first kappa shape index (κ1) is 23.9. The van der Waals surface area contributed by atoms with Crippen molar-refractivity contribution in [2.75, 3.05) is 13.6 Å². The standard InChI is InChI=1S/C26H28N6O4/c1-4-32-14-19(15(2)29-32)18-11-20(28-22(12-18)24(27)33)16-6-5-7-17(10-16)21-13-23(36-30-21)26(35)8-9-31(3)25(26)34/h5-7,10-14,24,33,35H,4,8-9,27H2,1-3H3/t24?,26-/m1/s1. The van der Waals surface area contributed by atoms with Crippen LogP contribution in [0.3, 0.4) is 0 Å². The van der Waals surface area contributed by atoms with E-state index in [4.69, 9.17) is 10.3 Å². The zero-order chi connectivity index (χ0) is 25.6. The average molecular weight is 489 g/mol. The van der Waals surface area contributed by atoms with Crippen LogP contribution in [-0.2, 0) is 16.9 Å². The number of aliphatic hydroxyl groups excluding tert-OH is 1. The zero-order valence-electron chi connectivity index (χ0n) is 20.3. The summed E-state index contributed by atoms with van der Waals surface area (Å²) in [6.07, 6.45) is 0.960. The SMILES string of the molecule is CCn1cc(-c2cc(-c3cccc(-c4cc([C@]5(O)CCN(C)C5=O)on4)c3)nc(C(N)O)c2)c(C)n1. The molecule has 1 amide bonds. The predicted octanol–water partition coefficient (Wildman–Crippen LogP) is 2.59. The normalized spacial score (nSPS) is 18.7. The molecule has 1 saturated heterocycles. The van der Waals surface area contributed by atoms with Gasteiger partial charge in [-0.2, -0.15) is 5.10 Å². The molecule has 4 heterocycles. The lowest BCUT2D eigenvalue weighted by molar-refractivity contribution is -0.144. The number of carbonyl (C=O) groups is 1. The average Bonchev–Trinajstić information content (AvgIpc) is 3.59. The van der Waals surface area contributed by atoms with E-state index in [-0.39, 0.29) is 12.2 Å². The molecule has 4 N–H and O–H groups in total. The number of nitrogens with two attached hydrogens (primary N) is 1. The molecular formula is C26H28N6O4. The molecule has 2 atom stereocenters. The number of carbonyl (C=O) groups excluding carboxylic acids is 1. The minimum Gasteiger partial charge on any atom is -0.373 e. The van der Waals surface area contributed by atoms with Gasteiger partial charge in [-0.1, -0.05) is 23.4 Å². The molecule has 1 fully saturated rings. The van der Waals surface area contributed by atoms with Gasteiger partial charge >= 0.3 is 0 Å². The monoisotopic (exact) mass is 488 g/mol. The first-order valence-electron chi connectivity index (χ1n) is 11.8. The molecule has 10 nitrogen and oxygen atoms in total. The van der Waals surface area contributed by atoms with Gasteiger partial charge in [0.25, 0.3) is 5.91 Å². The van der Waals surface area contributed by atoms with Crippen LogP contribution in [0.1, 0.15) is 36.7 Å². The van der Waals surface area contributed by atoms with E-state index in [9.17, 15) is 15.0 Å². The molecule has 0 aliphatic carbocycles. The lowest BCUT2D eigenvalue weighted by atomic mass is 9.97. The third-order valence-electron chi connectivity index (χ3n) is 6.61. The molecule has 1 aliphatic heterocycles. The fraction of sp³-hybridized carbons (Fsp3) is 0.308. The van der Waals surface area contributed by atoms with Crippen molar-refractivity contribution in [2.45, 2.75) is 38.6 Å². The molecule has 1 aliphatic rings. The Labute approximate surface area is 208 Å². The number of benzene rings is 1. The summed E-state index contributed by atoms with van der Waals surface area (Å²) in [5.74, 6) is -0.288. The number of likely N-dealkylation sites (N-methyl/N-ethyl adjacent to an activating group) is 1. The third kappa shape index (κ3) is 4.09. The number of nitrogens with zero attached hydrogens (tertiary/aromatic N) is 5. The Balaban J connectivity index is 1.54. The van der Waals surface area contributed by atoms with E-state index in [2.05, 4.69) is 15.2 Å². The van der Waals surface area contributed by atoms with Gasteiger partial charge in [0.05, 0.1) is 17.1 Å². The molecule has 3 aromatic heterocycles. The van der Waals surface area contributed by atoms with E-state index in [0.29, 0.717) is 23.6 Å². The van der Waals surface area contributed by atoms with Crippen molar-refractivity contribution in [3.63, 3.8) is 0 Å². The molecular weight excluding hydrogens is 460 g/mol. The topological polar surface area (TPSA) is 144 Å². The largest absolute Gasteiger partial charge is 0.373 e. The zero-order valence-corrected chi connectivity index (χ0v) is 20.3. The van der Waals surface area contributed by atoms with Gasteiger partial charge in [0.1, 0.15) is 11.9 Å². The number of pyridine rings is 1. The third-order valence-corrected chi connectivity index (χ3v) is 6.61. The molecule has 5 rings (SSSR count). The number of rotatable bonds is 6. The van der Waals surface area contributed by atoms with Crippen LogP contribution in [0, 0.1) is 6.92 Å². The van der Waals surface area contributed by atoms with Crippen LogP contribution < -0.4 is 5.73 Å². The minimum atomic E-state index is -1.71. The summed E-state index contributed by atoms with van der Waals surface area (Å²) in [5, 5.41) is 29.6. The van der Waals surface area contributed by atoms with E-state index in [0.717, 1.165) is 34.5 Å². The van der Waals surface area contributed by atoms with Crippen molar-refractivity contribution in [1.29, 1.82) is 0 Å². The van der Waals surface area contributed by atoms with Crippen LogP contribution in [0.25, 0.3) is 33.6 Å². The van der Waals surface area contributed by atoms with Gasteiger partial charge in [0.15, 0.2) is 5.76 Å². The number of hydrogen-bond donors (Lipinski definition) is 3. The lowest BCUT2D eigenvalue weighted by Gasteiger charge is -2.16. The first-order valence-corrected chi connectivity index (χ1v) is 11.8. The van der Waals surface area contributed by atoms with Crippen LogP contribution >= 0.6 is 0 Å². The first-order chi connectivity index (χ1) is 17.2. The molecule has 36 heavy (non-hydrogen) atoms. The van der Waals surface area contributed by atoms with Crippen LogP contribution in [0.5, 0.6) is 0 Å². The van der Waals surface area contributed by atoms with Crippen molar-refractivity contribution in [3.05, 3.63) is 65.8 Å². The van der Waals surface area contributed by atoms with Crippen molar-refractivity contribution in [1.82, 2.24) is 24.8 Å². The van der Waals surface area contributed by atoms with Crippen molar-refractivity contribution >= 4 is 5.91 Å². The van der Waals surface area contributed by atoms with Crippen molar-refractivity contribution < 1.29 is 19.5 Å². The summed E-state index contributed by atoms with van der Waals surface area (Å²) in [6.45, 7) is 5.13. The maximum Gasteiger partial charge on any atom is 0.262 e. The summed E-state index contributed by atoms with van der Waals surface area (Å²) in [4.78, 5) is 18.5. The fourth-order valence-electron chi connectivity index (χ4n) is 4.50. The highest BCUT2D eigenvalue weighted by Crippen LogP contribution is 2.36. The number of amides is 1. The molecule has 1 aromatic carbocycles. The number of aromatic nitrogens is 4. The van der Waals surface area contributed by atoms with Crippen LogP contribution in [0.2, 0.25) is 0 Å². The second-order valence-electron chi connectivity index (χ2n) is 9.09. The van der Waals surface area contributed by atoms with E-state index < -0.39 is 17.7 Å². The Morgan fingerprint density at radius 2 is 1.92 bits per heavy atom. The van der Waals surface area contributed by atoms with Crippen LogP contribution in [-0.4, -0.2) is 54.5 Å². The molecule has 10 heteroatoms. The van der Waals surface area contributed by atoms with E-state index in [1.54, 1.807) is 19.2 Å². The van der Waals surface area contributed by atoms with E-state index in [1.807, 2.05) is 55.1 Å². The van der Waals surface area contributed by atoms with Gasteiger partial charge in [-0.3, -0.25) is 9.48 Å². The minimum absolute atomic E-state index is 0.120. The smallest absolute Gasteiger partial charge is 0.262 e. The highest BCUT2D eigenvalue weighted by molar-refractivity contribution is 5.88. The van der Waals surface area contributed by atoms with Crippen LogP contribution in [0.15, 0.2) is 53.2 Å². The Kier molecular flexibility index (Phi) is 5.95. The molecule has 1 unspecified atom stereocenters. The van der Waals surface area contributed by atoms with Crippen molar-refractivity contribution in [3.8, 4) is 33.6 Å². The second-order valence-corrected chi connectivity index (χ2v) is 9.09. The number of hydrogen-bond acceptors (Lipinski definition) is 8. The summed E-state index contributed by atoms with van der Waals surface area (Å²) >= 11 is 0. The fourth-order valence-corrected chi connectivity index (χ4v) is 4.50. The van der Waals surface area contributed by atoms with E-state index >= 15 is 0 Å². The Morgan fingerprint density at radius 3 is 2.56 bits per heavy atom. The van der Waals surface area contributed by atoms with Gasteiger partial charge < -0.3 is 25.4 Å². The van der Waals surface area contributed by atoms with Gasteiger partial charge in [0, 0.05) is 55.5 Å². The highest BCUT2D eigenvalue weighted by atomic mass is 16.5. The summed E-state index contributed by atoms with van der Waals surface area (Å²) in [7, 11) is 1.64. The molecule has 186 valence electrons. The number of aryl methyl sites for hydroxylation is 2. The Hall–Kier alpha value is -3.86. The highest BCUT2D eigenvalue weighted by Gasteiger charge is 2.48. The number of aliphatic hydroxyl groups is 2. The molecule has 0 spiro atoms. The van der Waals surface area contributed by atoms with Gasteiger partial charge in [-0.05, 0) is 37.6 Å². The van der Waals surface area contributed by atoms with Gasteiger partial charge in [0.2, 0.25) is 5.60 Å². The predicted molar refractivity (Wildman–Crippen MR) is 132 cm³/mol. The second kappa shape index (κ2) is 8.98. The van der Waals surface area contributed by atoms with Gasteiger partial charge in [-0.15, -0.1) is 0 Å². The summed E-state index contributed by atoms with van der Waals surface area (Å²) in [6, 6.07) is 12.8. The summed E-state index contributed by atoms with van der Waals surface area (Å²) in [5.41, 5.74) is 9.66. The molecule has 0 bridgehead atoms. The Morgan fingerprint density at radius 1 is 1.17 bits per heavy atom.